The van der Waals surface area contributed by atoms with Gasteiger partial charge in [-0.05, 0) is 33.1 Å². The van der Waals surface area contributed by atoms with E-state index in [0.29, 0.717) is 12.8 Å². The molecule has 2 N–H and O–H groups in total. The highest BCUT2D eigenvalue weighted by molar-refractivity contribution is 5.07. The van der Waals surface area contributed by atoms with Gasteiger partial charge in [0.05, 0.1) is 5.60 Å². The average Bonchev–Trinajstić information content (AvgIpc) is 2.29. The van der Waals surface area contributed by atoms with Crippen molar-refractivity contribution >= 4 is 0 Å². The van der Waals surface area contributed by atoms with Gasteiger partial charge in [0.2, 0.25) is 0 Å². The molecule has 104 valence electrons. The monoisotopic (exact) mass is 256 g/mol. The Hall–Kier alpha value is -0.600. The predicted octanol–water partition coefficient (Wildman–Crippen LogP) is 1.45. The van der Waals surface area contributed by atoms with Crippen molar-refractivity contribution in [3.05, 3.63) is 0 Å². The zero-order chi connectivity index (χ0) is 13.4. The molecule has 4 heteroatoms. The number of ether oxygens (including phenoxy) is 2. The van der Waals surface area contributed by atoms with Gasteiger partial charge in [-0.15, -0.1) is 0 Å². The Morgan fingerprint density at radius 3 is 2.83 bits per heavy atom. The zero-order valence-electron chi connectivity index (χ0n) is 11.3. The third-order valence-electron chi connectivity index (χ3n) is 2.77. The van der Waals surface area contributed by atoms with Gasteiger partial charge in [0.1, 0.15) is 6.10 Å². The van der Waals surface area contributed by atoms with E-state index in [1.54, 1.807) is 0 Å². The maximum atomic E-state index is 9.37. The second kappa shape index (κ2) is 7.75. The first kappa shape index (κ1) is 15.5. The van der Waals surface area contributed by atoms with Crippen LogP contribution >= 0.6 is 0 Å². The molecule has 0 aliphatic carbocycles. The van der Waals surface area contributed by atoms with Gasteiger partial charge in [-0.1, -0.05) is 11.8 Å². The van der Waals surface area contributed by atoms with Crippen LogP contribution in [-0.4, -0.2) is 41.4 Å². The Bertz CT molecular complexity index is 284. The Kier molecular flexibility index (Phi) is 6.66. The minimum Gasteiger partial charge on any atom is -0.396 e. The molecule has 0 spiro atoms. The van der Waals surface area contributed by atoms with Crippen LogP contribution in [0.15, 0.2) is 0 Å². The minimum atomic E-state index is -0.753. The second-order valence-electron chi connectivity index (χ2n) is 5.20. The molecule has 4 nitrogen and oxygen atoms in total. The van der Waals surface area contributed by atoms with Crippen molar-refractivity contribution in [3.63, 3.8) is 0 Å². The molecule has 1 fully saturated rings. The van der Waals surface area contributed by atoms with E-state index in [-0.39, 0.29) is 18.5 Å². The Labute approximate surface area is 109 Å². The van der Waals surface area contributed by atoms with Gasteiger partial charge < -0.3 is 19.7 Å². The van der Waals surface area contributed by atoms with Crippen LogP contribution in [0.25, 0.3) is 0 Å². The van der Waals surface area contributed by atoms with E-state index in [0.717, 1.165) is 25.9 Å². The van der Waals surface area contributed by atoms with Crippen molar-refractivity contribution in [2.75, 3.05) is 13.2 Å². The molecule has 1 heterocycles. The molecule has 1 rings (SSSR count). The highest BCUT2D eigenvalue weighted by Gasteiger charge is 2.24. The fourth-order valence-corrected chi connectivity index (χ4v) is 1.78. The molecule has 2 atom stereocenters. The molecule has 0 amide bonds. The third-order valence-corrected chi connectivity index (χ3v) is 2.77. The summed E-state index contributed by atoms with van der Waals surface area (Å²) in [7, 11) is 0. The molecule has 2 unspecified atom stereocenters. The van der Waals surface area contributed by atoms with Crippen LogP contribution in [0, 0.1) is 11.8 Å². The normalized spacial score (nSPS) is 22.1. The first-order valence-electron chi connectivity index (χ1n) is 6.60. The molecule has 0 bridgehead atoms. The van der Waals surface area contributed by atoms with Crippen LogP contribution < -0.4 is 0 Å². The average molecular weight is 256 g/mol. The van der Waals surface area contributed by atoms with E-state index in [2.05, 4.69) is 11.8 Å². The molecular weight excluding hydrogens is 232 g/mol. The zero-order valence-corrected chi connectivity index (χ0v) is 11.3. The van der Waals surface area contributed by atoms with Crippen LogP contribution in [0.1, 0.15) is 46.0 Å². The van der Waals surface area contributed by atoms with Crippen molar-refractivity contribution in [2.24, 2.45) is 0 Å². The van der Waals surface area contributed by atoms with Gasteiger partial charge in [-0.2, -0.15) is 0 Å². The highest BCUT2D eigenvalue weighted by Crippen LogP contribution is 2.22. The number of hydrogen-bond acceptors (Lipinski definition) is 4. The molecule has 18 heavy (non-hydrogen) atoms. The van der Waals surface area contributed by atoms with Gasteiger partial charge in [0.25, 0.3) is 0 Å². The maximum absolute atomic E-state index is 9.37. The molecule has 0 aromatic carbocycles. The van der Waals surface area contributed by atoms with Gasteiger partial charge >= 0.3 is 0 Å². The van der Waals surface area contributed by atoms with E-state index >= 15 is 0 Å². The highest BCUT2D eigenvalue weighted by atomic mass is 16.7. The summed E-state index contributed by atoms with van der Waals surface area (Å²) >= 11 is 0. The number of aliphatic hydroxyl groups excluding tert-OH is 2. The summed E-state index contributed by atoms with van der Waals surface area (Å²) in [6, 6.07) is 0. The van der Waals surface area contributed by atoms with Crippen molar-refractivity contribution < 1.29 is 19.7 Å². The van der Waals surface area contributed by atoms with E-state index in [1.165, 1.54) is 0 Å². The van der Waals surface area contributed by atoms with Gasteiger partial charge in [0.15, 0.2) is 6.29 Å². The molecule has 1 aliphatic rings. The smallest absolute Gasteiger partial charge is 0.158 e. The largest absolute Gasteiger partial charge is 0.396 e. The Balaban J connectivity index is 2.33. The van der Waals surface area contributed by atoms with Crippen molar-refractivity contribution in [3.8, 4) is 11.8 Å². The van der Waals surface area contributed by atoms with E-state index in [1.807, 2.05) is 13.8 Å². The second-order valence-corrected chi connectivity index (χ2v) is 5.20. The van der Waals surface area contributed by atoms with Crippen LogP contribution in [0.2, 0.25) is 0 Å². The fraction of sp³-hybridized carbons (Fsp3) is 0.857. The van der Waals surface area contributed by atoms with Crippen LogP contribution in [0.4, 0.5) is 0 Å². The number of rotatable bonds is 5. The lowest BCUT2D eigenvalue weighted by molar-refractivity contribution is -0.213. The van der Waals surface area contributed by atoms with Gasteiger partial charge in [-0.25, -0.2) is 0 Å². The third kappa shape index (κ3) is 6.36. The van der Waals surface area contributed by atoms with Crippen LogP contribution in [-0.2, 0) is 9.47 Å². The Morgan fingerprint density at radius 1 is 1.44 bits per heavy atom. The van der Waals surface area contributed by atoms with Crippen LogP contribution in [0.3, 0.4) is 0 Å². The molecular formula is C14H24O4. The quantitative estimate of drug-likeness (QED) is 0.731. The standard InChI is InChI=1S/C14H24O4/c1-14(2,9-5-6-12(16)8-10-15)18-13-7-3-4-11-17-13/h12-13,15-16H,3-4,7-11H2,1-2H3. The lowest BCUT2D eigenvalue weighted by Gasteiger charge is -2.31. The molecule has 1 saturated heterocycles. The summed E-state index contributed by atoms with van der Waals surface area (Å²) in [6.45, 7) is 4.66. The first-order chi connectivity index (χ1) is 8.53. The van der Waals surface area contributed by atoms with Crippen molar-refractivity contribution in [2.45, 2.75) is 63.9 Å². The fourth-order valence-electron chi connectivity index (χ4n) is 1.78. The molecule has 0 radical (unpaired) electrons. The number of aliphatic hydroxyl groups is 2. The SMILES string of the molecule is CC(C)(CC#CC(O)CCO)OC1CCCCO1. The van der Waals surface area contributed by atoms with Crippen molar-refractivity contribution in [1.82, 2.24) is 0 Å². The summed E-state index contributed by atoms with van der Waals surface area (Å²) in [4.78, 5) is 0. The minimum absolute atomic E-state index is 0.0499. The predicted molar refractivity (Wildman–Crippen MR) is 68.9 cm³/mol. The van der Waals surface area contributed by atoms with Crippen molar-refractivity contribution in [1.29, 1.82) is 0 Å². The van der Waals surface area contributed by atoms with Gasteiger partial charge in [-0.3, -0.25) is 0 Å². The van der Waals surface area contributed by atoms with Crippen LogP contribution in [0.5, 0.6) is 0 Å². The summed E-state index contributed by atoms with van der Waals surface area (Å²) in [5, 5.41) is 18.0. The maximum Gasteiger partial charge on any atom is 0.158 e. The molecule has 0 aromatic heterocycles. The summed E-state index contributed by atoms with van der Waals surface area (Å²) in [5.41, 5.74) is -0.381. The summed E-state index contributed by atoms with van der Waals surface area (Å²) < 4.78 is 11.4. The molecule has 0 saturated carbocycles. The Morgan fingerprint density at radius 2 is 2.22 bits per heavy atom. The summed E-state index contributed by atoms with van der Waals surface area (Å²) in [5.74, 6) is 5.61. The lowest BCUT2D eigenvalue weighted by Crippen LogP contribution is -2.33. The van der Waals surface area contributed by atoms with E-state index in [4.69, 9.17) is 14.6 Å². The lowest BCUT2D eigenvalue weighted by atomic mass is 10.0. The van der Waals surface area contributed by atoms with Gasteiger partial charge in [0, 0.05) is 26.1 Å². The topological polar surface area (TPSA) is 58.9 Å². The molecule has 0 aromatic rings. The van der Waals surface area contributed by atoms with E-state index < -0.39 is 6.10 Å². The molecule has 1 aliphatic heterocycles. The first-order valence-corrected chi connectivity index (χ1v) is 6.60. The van der Waals surface area contributed by atoms with E-state index in [9.17, 15) is 5.11 Å². The summed E-state index contributed by atoms with van der Waals surface area (Å²) in [6.07, 6.45) is 3.13. The number of hydrogen-bond donors (Lipinski definition) is 2.